The largest absolute Gasteiger partial charge is 0.319 e. The van der Waals surface area contributed by atoms with Gasteiger partial charge < -0.3 is 10.6 Å². The Bertz CT molecular complexity index is 420. The van der Waals surface area contributed by atoms with Crippen molar-refractivity contribution in [2.75, 3.05) is 11.9 Å². The van der Waals surface area contributed by atoms with Gasteiger partial charge >= 0.3 is 0 Å². The fourth-order valence-corrected chi connectivity index (χ4v) is 1.43. The van der Waals surface area contributed by atoms with E-state index in [1.807, 2.05) is 31.2 Å². The average molecular weight is 216 g/mol. The number of benzene rings is 1. The van der Waals surface area contributed by atoms with Gasteiger partial charge in [0, 0.05) is 19.2 Å². The Morgan fingerprint density at radius 2 is 2.31 bits per heavy atom. The highest BCUT2D eigenvalue weighted by molar-refractivity contribution is 5.96. The lowest BCUT2D eigenvalue weighted by molar-refractivity contribution is -0.119. The molecule has 1 aromatic carbocycles. The zero-order chi connectivity index (χ0) is 12.1. The molecule has 0 saturated carbocycles. The highest BCUT2D eigenvalue weighted by Crippen LogP contribution is 2.15. The van der Waals surface area contributed by atoms with Crippen molar-refractivity contribution in [2.24, 2.45) is 5.73 Å². The number of terminal acetylenes is 1. The third-order valence-corrected chi connectivity index (χ3v) is 2.37. The Balaban J connectivity index is 2.82. The first-order chi connectivity index (χ1) is 7.56. The number of hydrogen-bond acceptors (Lipinski definition) is 2. The van der Waals surface area contributed by atoms with E-state index >= 15 is 0 Å². The highest BCUT2D eigenvalue weighted by Gasteiger charge is 2.18. The van der Waals surface area contributed by atoms with E-state index in [0.29, 0.717) is 0 Å². The van der Waals surface area contributed by atoms with Gasteiger partial charge in [-0.05, 0) is 24.6 Å². The first-order valence-electron chi connectivity index (χ1n) is 5.09. The molecule has 0 heterocycles. The summed E-state index contributed by atoms with van der Waals surface area (Å²) < 4.78 is 0. The monoisotopic (exact) mass is 216 g/mol. The van der Waals surface area contributed by atoms with Crippen LogP contribution in [0.15, 0.2) is 24.3 Å². The predicted octanol–water partition coefficient (Wildman–Crippen LogP) is 1.31. The number of aryl methyl sites for hydroxylation is 1. The van der Waals surface area contributed by atoms with Crippen molar-refractivity contribution in [3.63, 3.8) is 0 Å². The summed E-state index contributed by atoms with van der Waals surface area (Å²) in [6.07, 6.45) is 5.39. The normalized spacial score (nSPS) is 11.6. The smallest absolute Gasteiger partial charge is 0.244 e. The Labute approximate surface area is 96.2 Å². The van der Waals surface area contributed by atoms with E-state index in [0.717, 1.165) is 11.3 Å². The van der Waals surface area contributed by atoms with Crippen LogP contribution in [0.5, 0.6) is 0 Å². The summed E-state index contributed by atoms with van der Waals surface area (Å²) in [4.78, 5) is 13.4. The number of hydrogen-bond donors (Lipinski definition) is 1. The third-order valence-electron chi connectivity index (χ3n) is 2.37. The molecule has 1 rings (SSSR count). The SMILES string of the molecule is C#CCC(N)C(=O)N(C)c1cccc(C)c1. The zero-order valence-electron chi connectivity index (χ0n) is 9.60. The van der Waals surface area contributed by atoms with E-state index in [4.69, 9.17) is 12.2 Å². The van der Waals surface area contributed by atoms with E-state index in [9.17, 15) is 4.79 Å². The van der Waals surface area contributed by atoms with E-state index < -0.39 is 6.04 Å². The fraction of sp³-hybridized carbons (Fsp3) is 0.308. The van der Waals surface area contributed by atoms with Crippen molar-refractivity contribution in [3.8, 4) is 12.3 Å². The predicted molar refractivity (Wildman–Crippen MR) is 66.0 cm³/mol. The van der Waals surface area contributed by atoms with Gasteiger partial charge in [0.25, 0.3) is 0 Å². The minimum Gasteiger partial charge on any atom is -0.319 e. The quantitative estimate of drug-likeness (QED) is 0.774. The molecule has 2 N–H and O–H groups in total. The summed E-state index contributed by atoms with van der Waals surface area (Å²) in [5.41, 5.74) is 7.60. The Hall–Kier alpha value is -1.79. The maximum atomic E-state index is 11.9. The fourth-order valence-electron chi connectivity index (χ4n) is 1.43. The van der Waals surface area contributed by atoms with Crippen LogP contribution in [0.1, 0.15) is 12.0 Å². The van der Waals surface area contributed by atoms with E-state index in [-0.39, 0.29) is 12.3 Å². The summed E-state index contributed by atoms with van der Waals surface area (Å²) >= 11 is 0. The van der Waals surface area contributed by atoms with Crippen LogP contribution in [0, 0.1) is 19.3 Å². The van der Waals surface area contributed by atoms with Gasteiger partial charge in [0.15, 0.2) is 0 Å². The van der Waals surface area contributed by atoms with Gasteiger partial charge in [0.1, 0.15) is 0 Å². The average Bonchev–Trinajstić information content (AvgIpc) is 2.27. The van der Waals surface area contributed by atoms with E-state index in [2.05, 4.69) is 5.92 Å². The molecular formula is C13H16N2O. The number of carbonyl (C=O) groups is 1. The molecule has 16 heavy (non-hydrogen) atoms. The van der Waals surface area contributed by atoms with E-state index in [1.165, 1.54) is 4.90 Å². The zero-order valence-corrected chi connectivity index (χ0v) is 9.60. The summed E-state index contributed by atoms with van der Waals surface area (Å²) in [5, 5.41) is 0. The lowest BCUT2D eigenvalue weighted by Gasteiger charge is -2.20. The van der Waals surface area contributed by atoms with Crippen LogP contribution in [0.25, 0.3) is 0 Å². The van der Waals surface area contributed by atoms with Crippen molar-refractivity contribution >= 4 is 11.6 Å². The standard InChI is InChI=1S/C13H16N2O/c1-4-6-12(14)13(16)15(3)11-8-5-7-10(2)9-11/h1,5,7-9,12H,6,14H2,2-3H3. The molecule has 0 aliphatic heterocycles. The van der Waals surface area contributed by atoms with Crippen LogP contribution in [0.3, 0.4) is 0 Å². The minimum absolute atomic E-state index is 0.163. The van der Waals surface area contributed by atoms with Crippen molar-refractivity contribution in [1.82, 2.24) is 0 Å². The molecule has 3 heteroatoms. The molecule has 0 spiro atoms. The summed E-state index contributed by atoms with van der Waals surface area (Å²) in [6.45, 7) is 1.98. The third kappa shape index (κ3) is 2.85. The lowest BCUT2D eigenvalue weighted by Crippen LogP contribution is -2.41. The molecule has 0 aromatic heterocycles. The first-order valence-corrected chi connectivity index (χ1v) is 5.09. The van der Waals surface area contributed by atoms with Crippen LogP contribution in [0.4, 0.5) is 5.69 Å². The maximum Gasteiger partial charge on any atom is 0.244 e. The number of carbonyl (C=O) groups excluding carboxylic acids is 1. The molecule has 0 bridgehead atoms. The molecule has 3 nitrogen and oxygen atoms in total. The van der Waals surface area contributed by atoms with Crippen molar-refractivity contribution < 1.29 is 4.79 Å². The molecule has 1 amide bonds. The number of rotatable bonds is 3. The lowest BCUT2D eigenvalue weighted by atomic mass is 10.1. The molecule has 0 aliphatic carbocycles. The van der Waals surface area contributed by atoms with E-state index in [1.54, 1.807) is 7.05 Å². The van der Waals surface area contributed by atoms with Gasteiger partial charge in [-0.25, -0.2) is 0 Å². The van der Waals surface area contributed by atoms with Gasteiger partial charge in [-0.15, -0.1) is 12.3 Å². The van der Waals surface area contributed by atoms with Crippen LogP contribution >= 0.6 is 0 Å². The van der Waals surface area contributed by atoms with Crippen molar-refractivity contribution in [3.05, 3.63) is 29.8 Å². The van der Waals surface area contributed by atoms with Crippen LogP contribution in [-0.4, -0.2) is 19.0 Å². The molecule has 1 atom stereocenters. The summed E-state index contributed by atoms with van der Waals surface area (Å²) in [7, 11) is 1.70. The number of likely N-dealkylation sites (N-methyl/N-ethyl adjacent to an activating group) is 1. The summed E-state index contributed by atoms with van der Waals surface area (Å²) in [5.74, 6) is 2.23. The molecule has 84 valence electrons. The Morgan fingerprint density at radius 1 is 1.62 bits per heavy atom. The van der Waals surface area contributed by atoms with Gasteiger partial charge in [-0.2, -0.15) is 0 Å². The molecule has 1 aromatic rings. The number of nitrogens with zero attached hydrogens (tertiary/aromatic N) is 1. The highest BCUT2D eigenvalue weighted by atomic mass is 16.2. The second-order valence-corrected chi connectivity index (χ2v) is 3.75. The van der Waals surface area contributed by atoms with Crippen molar-refractivity contribution in [1.29, 1.82) is 0 Å². The Morgan fingerprint density at radius 3 is 2.88 bits per heavy atom. The first kappa shape index (κ1) is 12.3. The number of amides is 1. The summed E-state index contributed by atoms with van der Waals surface area (Å²) in [6, 6.07) is 7.05. The second kappa shape index (κ2) is 5.34. The van der Waals surface area contributed by atoms with Crippen molar-refractivity contribution in [2.45, 2.75) is 19.4 Å². The maximum absolute atomic E-state index is 11.9. The Kier molecular flexibility index (Phi) is 4.10. The van der Waals surface area contributed by atoms with Gasteiger partial charge in [-0.1, -0.05) is 12.1 Å². The second-order valence-electron chi connectivity index (χ2n) is 3.75. The van der Waals surface area contributed by atoms with Gasteiger partial charge in [-0.3, -0.25) is 4.79 Å². The topological polar surface area (TPSA) is 46.3 Å². The molecule has 0 fully saturated rings. The van der Waals surface area contributed by atoms with Crippen LogP contribution in [-0.2, 0) is 4.79 Å². The van der Waals surface area contributed by atoms with Crippen LogP contribution in [0.2, 0.25) is 0 Å². The minimum atomic E-state index is -0.629. The van der Waals surface area contributed by atoms with Gasteiger partial charge in [0.2, 0.25) is 5.91 Å². The molecule has 0 aliphatic rings. The molecular weight excluding hydrogens is 200 g/mol. The molecule has 0 radical (unpaired) electrons. The molecule has 1 unspecified atom stereocenters. The van der Waals surface area contributed by atoms with Gasteiger partial charge in [0.05, 0.1) is 6.04 Å². The number of nitrogens with two attached hydrogens (primary N) is 1. The number of anilines is 1. The van der Waals surface area contributed by atoms with Crippen LogP contribution < -0.4 is 10.6 Å². The molecule has 0 saturated heterocycles.